The maximum Gasteiger partial charge on any atom is 0.300 e. The van der Waals surface area contributed by atoms with Gasteiger partial charge in [0.15, 0.2) is 0 Å². The second-order valence-electron chi connectivity index (χ2n) is 15.4. The third-order valence-electron chi connectivity index (χ3n) is 13.6. The lowest BCUT2D eigenvalue weighted by Crippen LogP contribution is -2.57. The summed E-state index contributed by atoms with van der Waals surface area (Å²) in [5.41, 5.74) is 3.79. The fourth-order valence-corrected chi connectivity index (χ4v) is 11.2. The first-order valence-corrected chi connectivity index (χ1v) is 15.1. The monoisotopic (exact) mass is 500 g/mol. The van der Waals surface area contributed by atoms with Crippen molar-refractivity contribution in [3.63, 3.8) is 0 Å². The molecule has 3 heteroatoms. The fourth-order valence-electron chi connectivity index (χ4n) is 11.2. The van der Waals surface area contributed by atoms with Gasteiger partial charge in [-0.05, 0) is 127 Å². The van der Waals surface area contributed by atoms with E-state index >= 15 is 0 Å². The number of hydrogen-bond donors (Lipinski definition) is 2. The molecule has 5 rings (SSSR count). The zero-order chi connectivity index (χ0) is 26.9. The van der Waals surface area contributed by atoms with Crippen LogP contribution in [0.25, 0.3) is 0 Å². The number of carbonyl (C=O) groups is 1. The SMILES string of the molecule is C=C(CCC(C)C1CC[C@@]2(C)[C@@H]3CC[C@H]4C(C)(C)C(O)CCC45CC35CCC12C)C(C)C.CC(=O)O. The van der Waals surface area contributed by atoms with Crippen LogP contribution in [0.15, 0.2) is 12.2 Å². The molecule has 2 spiro atoms. The first-order valence-electron chi connectivity index (χ1n) is 15.1. The van der Waals surface area contributed by atoms with Gasteiger partial charge in [0.25, 0.3) is 5.97 Å². The molecule has 0 bridgehead atoms. The van der Waals surface area contributed by atoms with Crippen LogP contribution in [0, 0.1) is 56.7 Å². The molecule has 0 aromatic carbocycles. The lowest BCUT2D eigenvalue weighted by atomic mass is 9.41. The molecule has 2 N–H and O–H groups in total. The summed E-state index contributed by atoms with van der Waals surface area (Å²) in [6.07, 6.45) is 15.0. The first-order chi connectivity index (χ1) is 16.6. The van der Waals surface area contributed by atoms with Crippen LogP contribution in [-0.4, -0.2) is 22.3 Å². The summed E-state index contributed by atoms with van der Waals surface area (Å²) in [4.78, 5) is 9.00. The van der Waals surface area contributed by atoms with Crippen molar-refractivity contribution in [2.45, 2.75) is 132 Å². The summed E-state index contributed by atoms with van der Waals surface area (Å²) in [6, 6.07) is 0. The van der Waals surface area contributed by atoms with Crippen LogP contribution in [0.5, 0.6) is 0 Å². The molecule has 0 aliphatic heterocycles. The number of allylic oxidation sites excluding steroid dienone is 1. The molecule has 5 aliphatic carbocycles. The summed E-state index contributed by atoms with van der Waals surface area (Å²) in [5, 5.41) is 18.3. The van der Waals surface area contributed by atoms with Crippen molar-refractivity contribution in [1.82, 2.24) is 0 Å². The van der Waals surface area contributed by atoms with E-state index in [2.05, 4.69) is 55.0 Å². The van der Waals surface area contributed by atoms with Gasteiger partial charge in [0.05, 0.1) is 6.10 Å². The van der Waals surface area contributed by atoms with Gasteiger partial charge in [0, 0.05) is 6.92 Å². The molecule has 206 valence electrons. The molecule has 9 atom stereocenters. The lowest BCUT2D eigenvalue weighted by Gasteiger charge is -2.63. The number of carboxylic acid groups (broad SMARTS) is 1. The van der Waals surface area contributed by atoms with Gasteiger partial charge in [-0.15, -0.1) is 0 Å². The van der Waals surface area contributed by atoms with Crippen molar-refractivity contribution in [2.24, 2.45) is 56.7 Å². The van der Waals surface area contributed by atoms with Crippen LogP contribution in [-0.2, 0) is 4.79 Å². The Labute approximate surface area is 221 Å². The molecular formula is C33H56O3. The minimum absolute atomic E-state index is 0.0888. The Balaban J connectivity index is 0.000000709. The topological polar surface area (TPSA) is 57.5 Å². The van der Waals surface area contributed by atoms with Crippen molar-refractivity contribution in [2.75, 3.05) is 0 Å². The standard InChI is InChI=1S/C31H52O.C2H4O2/c1-20(2)21(3)9-10-22(4)23-13-15-29(8)25-12-11-24-27(5,6)26(32)14-16-30(24)19-31(25,30)18-17-28(23,29)7;1-2(3)4/h20,22-26,32H,3,9-19H2,1-2,4-8H3;1H3,(H,3,4)/t22?,23?,24-,25-,26?,28?,29-,30?,31?;/m0./s1. The summed E-state index contributed by atoms with van der Waals surface area (Å²) < 4.78 is 0. The normalized spacial score (nSPS) is 46.8. The average Bonchev–Trinajstić information content (AvgIpc) is 3.37. The Bertz CT molecular complexity index is 870. The minimum Gasteiger partial charge on any atom is -0.481 e. The van der Waals surface area contributed by atoms with Crippen LogP contribution >= 0.6 is 0 Å². The molecule has 36 heavy (non-hydrogen) atoms. The second kappa shape index (κ2) is 9.13. The van der Waals surface area contributed by atoms with Crippen molar-refractivity contribution in [3.05, 3.63) is 12.2 Å². The van der Waals surface area contributed by atoms with E-state index < -0.39 is 5.97 Å². The molecule has 0 aromatic rings. The molecule has 0 radical (unpaired) electrons. The van der Waals surface area contributed by atoms with Crippen LogP contribution in [0.4, 0.5) is 0 Å². The van der Waals surface area contributed by atoms with E-state index in [1.54, 1.807) is 0 Å². The largest absolute Gasteiger partial charge is 0.481 e. The number of fused-ring (bicyclic) bond motifs is 2. The predicted octanol–water partition coefficient (Wildman–Crippen LogP) is 8.51. The highest BCUT2D eigenvalue weighted by Crippen LogP contribution is 2.89. The van der Waals surface area contributed by atoms with Gasteiger partial charge in [-0.25, -0.2) is 0 Å². The third kappa shape index (κ3) is 3.87. The van der Waals surface area contributed by atoms with E-state index in [0.29, 0.717) is 27.6 Å². The van der Waals surface area contributed by atoms with E-state index in [1.165, 1.54) is 69.8 Å². The van der Waals surface area contributed by atoms with Crippen molar-refractivity contribution >= 4 is 5.97 Å². The van der Waals surface area contributed by atoms with Crippen LogP contribution in [0.3, 0.4) is 0 Å². The van der Waals surface area contributed by atoms with Gasteiger partial charge < -0.3 is 10.2 Å². The Morgan fingerprint density at radius 3 is 2.08 bits per heavy atom. The summed E-state index contributed by atoms with van der Waals surface area (Å²) >= 11 is 0. The smallest absolute Gasteiger partial charge is 0.300 e. The lowest BCUT2D eigenvalue weighted by molar-refractivity contribution is -0.161. The third-order valence-corrected chi connectivity index (χ3v) is 13.6. The number of aliphatic carboxylic acids is 1. The van der Waals surface area contributed by atoms with Gasteiger partial charge in [0.2, 0.25) is 0 Å². The van der Waals surface area contributed by atoms with Crippen molar-refractivity contribution in [1.29, 1.82) is 0 Å². The molecule has 5 fully saturated rings. The second-order valence-corrected chi connectivity index (χ2v) is 15.4. The highest BCUT2D eigenvalue weighted by Gasteiger charge is 2.82. The van der Waals surface area contributed by atoms with Crippen molar-refractivity contribution in [3.8, 4) is 0 Å². The number of carboxylic acids is 1. The minimum atomic E-state index is -0.833. The Morgan fingerprint density at radius 2 is 1.47 bits per heavy atom. The average molecular weight is 501 g/mol. The first kappa shape index (κ1) is 28.2. The van der Waals surface area contributed by atoms with Gasteiger partial charge in [-0.3, -0.25) is 4.79 Å². The molecule has 0 amide bonds. The number of rotatable bonds is 5. The quantitative estimate of drug-likeness (QED) is 0.372. The number of aliphatic hydroxyl groups excluding tert-OH is 1. The maximum atomic E-state index is 10.9. The highest BCUT2D eigenvalue weighted by molar-refractivity contribution is 5.62. The molecule has 3 nitrogen and oxygen atoms in total. The Kier molecular flexibility index (Phi) is 7.15. The summed E-state index contributed by atoms with van der Waals surface area (Å²) in [5.74, 6) is 3.18. The zero-order valence-corrected chi connectivity index (χ0v) is 24.8. The molecule has 0 saturated heterocycles. The zero-order valence-electron chi connectivity index (χ0n) is 24.8. The van der Waals surface area contributed by atoms with Crippen molar-refractivity contribution < 1.29 is 15.0 Å². The Hall–Kier alpha value is -0.830. The van der Waals surface area contributed by atoms with E-state index in [4.69, 9.17) is 9.90 Å². The van der Waals surface area contributed by atoms with Crippen LogP contribution in [0.1, 0.15) is 126 Å². The van der Waals surface area contributed by atoms with E-state index in [1.807, 2.05) is 0 Å². The van der Waals surface area contributed by atoms with Gasteiger partial charge in [-0.2, -0.15) is 0 Å². The molecule has 5 aliphatic rings. The molecular weight excluding hydrogens is 444 g/mol. The van der Waals surface area contributed by atoms with Gasteiger partial charge in [0.1, 0.15) is 0 Å². The fraction of sp³-hybridized carbons (Fsp3) is 0.909. The highest BCUT2D eigenvalue weighted by atomic mass is 16.4. The van der Waals surface area contributed by atoms with Crippen LogP contribution < -0.4 is 0 Å². The number of aliphatic hydroxyl groups is 1. The predicted molar refractivity (Wildman–Crippen MR) is 149 cm³/mol. The van der Waals surface area contributed by atoms with Gasteiger partial charge >= 0.3 is 0 Å². The summed E-state index contributed by atoms with van der Waals surface area (Å²) in [6.45, 7) is 22.9. The van der Waals surface area contributed by atoms with E-state index in [9.17, 15) is 5.11 Å². The Morgan fingerprint density at radius 1 is 0.889 bits per heavy atom. The maximum absolute atomic E-state index is 10.9. The van der Waals surface area contributed by atoms with Crippen LogP contribution in [0.2, 0.25) is 0 Å². The molecule has 0 aromatic heterocycles. The van der Waals surface area contributed by atoms with E-state index in [0.717, 1.165) is 37.0 Å². The number of hydrogen-bond acceptors (Lipinski definition) is 2. The van der Waals surface area contributed by atoms with E-state index in [-0.39, 0.29) is 11.5 Å². The molecule has 6 unspecified atom stereocenters. The summed E-state index contributed by atoms with van der Waals surface area (Å²) in [7, 11) is 0. The molecule has 5 saturated carbocycles. The van der Waals surface area contributed by atoms with Gasteiger partial charge in [-0.1, -0.05) is 60.6 Å². The molecule has 0 heterocycles.